The monoisotopic (exact) mass is 538 g/mol. The molecule has 40 heavy (non-hydrogen) atoms. The Morgan fingerprint density at radius 3 is 1.43 bits per heavy atom. The van der Waals surface area contributed by atoms with Gasteiger partial charge in [-0.15, -0.1) is 0 Å². The third-order valence-electron chi connectivity index (χ3n) is 7.71. The maximum atomic E-state index is 13.2. The van der Waals surface area contributed by atoms with E-state index in [2.05, 4.69) is 42.5 Å². The molecule has 0 spiro atoms. The van der Waals surface area contributed by atoms with Crippen LogP contribution < -0.4 is 21.1 Å². The molecule has 5 rings (SSSR count). The first-order valence-corrected chi connectivity index (χ1v) is 13.8. The van der Waals surface area contributed by atoms with E-state index in [1.165, 1.54) is 12.4 Å². The molecule has 0 aliphatic carbocycles. The van der Waals surface area contributed by atoms with E-state index < -0.39 is 11.3 Å². The van der Waals surface area contributed by atoms with E-state index in [0.717, 1.165) is 59.5 Å². The molecule has 0 unspecified atom stereocenters. The van der Waals surface area contributed by atoms with Crippen LogP contribution >= 0.6 is 0 Å². The van der Waals surface area contributed by atoms with Crippen LogP contribution in [0.1, 0.15) is 38.8 Å². The molecule has 0 radical (unpaired) electrons. The zero-order valence-corrected chi connectivity index (χ0v) is 23.9. The van der Waals surface area contributed by atoms with Gasteiger partial charge in [-0.2, -0.15) is 0 Å². The number of aromatic nitrogens is 2. The summed E-state index contributed by atoms with van der Waals surface area (Å²) in [6.45, 7) is 15.5. The number of hydrogen-bond donors (Lipinski definition) is 0. The zero-order chi connectivity index (χ0) is 28.6. The molecule has 0 bridgehead atoms. The first kappa shape index (κ1) is 27.1. The van der Waals surface area contributed by atoms with Crippen molar-refractivity contribution in [3.63, 3.8) is 0 Å². The third-order valence-corrected chi connectivity index (χ3v) is 7.71. The van der Waals surface area contributed by atoms with Crippen molar-refractivity contribution in [3.8, 4) is 22.5 Å². The highest BCUT2D eigenvalue weighted by Gasteiger charge is 2.20. The van der Waals surface area contributed by atoms with Crippen molar-refractivity contribution in [2.75, 3.05) is 36.0 Å². The van der Waals surface area contributed by atoms with E-state index in [0.29, 0.717) is 33.7 Å². The fourth-order valence-electron chi connectivity index (χ4n) is 5.46. The molecule has 0 saturated carbocycles. The Morgan fingerprint density at radius 2 is 1.05 bits per heavy atom. The minimum absolute atomic E-state index is 0.323. The summed E-state index contributed by atoms with van der Waals surface area (Å²) in [6, 6.07) is 11.8. The number of aryl methyl sites for hydroxylation is 2. The zero-order valence-electron chi connectivity index (χ0n) is 23.9. The van der Waals surface area contributed by atoms with Crippen molar-refractivity contribution in [3.05, 3.63) is 80.8 Å². The smallest absolute Gasteiger partial charge is 0.346 e. The minimum Gasteiger partial charge on any atom is -0.422 e. The summed E-state index contributed by atoms with van der Waals surface area (Å²) in [7, 11) is 0. The van der Waals surface area contributed by atoms with Crippen LogP contribution in [0.5, 0.6) is 0 Å². The van der Waals surface area contributed by atoms with Crippen molar-refractivity contribution >= 4 is 33.3 Å². The minimum atomic E-state index is -0.501. The van der Waals surface area contributed by atoms with Crippen LogP contribution in [0.25, 0.3) is 44.5 Å². The predicted octanol–water partition coefficient (Wildman–Crippen LogP) is 6.33. The van der Waals surface area contributed by atoms with Crippen LogP contribution in [-0.4, -0.2) is 36.1 Å². The van der Waals surface area contributed by atoms with E-state index in [1.54, 1.807) is 0 Å². The predicted molar refractivity (Wildman–Crippen MR) is 162 cm³/mol. The quantitative estimate of drug-likeness (QED) is 0.212. The summed E-state index contributed by atoms with van der Waals surface area (Å²) in [5, 5.41) is 1.64. The largest absolute Gasteiger partial charge is 0.422 e. The first-order chi connectivity index (χ1) is 19.3. The lowest BCUT2D eigenvalue weighted by atomic mass is 10.0. The molecule has 0 aliphatic heterocycles. The second kappa shape index (κ2) is 11.0. The Bertz CT molecular complexity index is 1700. The molecule has 0 atom stereocenters. The molecule has 0 N–H and O–H groups in total. The summed E-state index contributed by atoms with van der Waals surface area (Å²) in [5.74, 6) is 0. The van der Waals surface area contributed by atoms with Gasteiger partial charge in [-0.25, -0.2) is 14.6 Å². The van der Waals surface area contributed by atoms with Crippen molar-refractivity contribution in [1.82, 2.24) is 9.97 Å². The topological polar surface area (TPSA) is 92.7 Å². The summed E-state index contributed by atoms with van der Waals surface area (Å²) >= 11 is 0. The molecule has 0 saturated heterocycles. The van der Waals surface area contributed by atoms with E-state index in [4.69, 9.17) is 13.8 Å². The van der Waals surface area contributed by atoms with Gasteiger partial charge in [-0.3, -0.25) is 4.98 Å². The number of anilines is 2. The van der Waals surface area contributed by atoms with Crippen LogP contribution in [0.3, 0.4) is 0 Å². The lowest BCUT2D eigenvalue weighted by molar-refractivity contribution is 0.561. The van der Waals surface area contributed by atoms with Gasteiger partial charge in [-0.05, 0) is 76.9 Å². The number of nitrogens with zero attached hydrogens (tertiary/aromatic N) is 4. The Balaban J connectivity index is 1.62. The van der Waals surface area contributed by atoms with E-state index in [1.807, 2.05) is 50.2 Å². The Labute approximate surface area is 232 Å². The van der Waals surface area contributed by atoms with Crippen molar-refractivity contribution in [2.45, 2.75) is 41.5 Å². The number of fused-ring (bicyclic) bond motifs is 2. The van der Waals surface area contributed by atoms with Crippen LogP contribution in [0.15, 0.2) is 67.2 Å². The highest BCUT2D eigenvalue weighted by molar-refractivity contribution is 5.90. The van der Waals surface area contributed by atoms with Crippen LogP contribution in [0.4, 0.5) is 11.4 Å². The molecule has 8 heteroatoms. The lowest BCUT2D eigenvalue weighted by Crippen LogP contribution is -2.21. The van der Waals surface area contributed by atoms with Crippen LogP contribution in [0.2, 0.25) is 0 Å². The molecule has 2 aromatic carbocycles. The fraction of sp³-hybridized carbons (Fsp3) is 0.312. The summed E-state index contributed by atoms with van der Waals surface area (Å²) < 4.78 is 11.5. The van der Waals surface area contributed by atoms with Gasteiger partial charge in [0.15, 0.2) is 0 Å². The average molecular weight is 539 g/mol. The van der Waals surface area contributed by atoms with Gasteiger partial charge in [0.05, 0.1) is 34.9 Å². The standard InChI is InChI=1S/C32H34N4O4/c1-7-35(8-2)21-11-13-23-19(5)29(31(37)39-27(23)15-21)25-17-33-18-26(34-25)30-20(6)24-14-12-22(36(9-3)10-4)16-28(24)40-32(30)38/h11-18H,7-10H2,1-6H3. The van der Waals surface area contributed by atoms with Crippen molar-refractivity contribution < 1.29 is 8.83 Å². The number of rotatable bonds is 8. The summed E-state index contributed by atoms with van der Waals surface area (Å²) in [4.78, 5) is 39.9. The molecule has 0 fully saturated rings. The van der Waals surface area contributed by atoms with E-state index >= 15 is 0 Å². The highest BCUT2D eigenvalue weighted by Crippen LogP contribution is 2.31. The Hall–Kier alpha value is -4.46. The van der Waals surface area contributed by atoms with Gasteiger partial charge in [0.1, 0.15) is 11.2 Å². The van der Waals surface area contributed by atoms with E-state index in [-0.39, 0.29) is 0 Å². The molecule has 5 aromatic rings. The fourth-order valence-corrected chi connectivity index (χ4v) is 5.46. The van der Waals surface area contributed by atoms with Gasteiger partial charge in [-0.1, -0.05) is 0 Å². The maximum Gasteiger partial charge on any atom is 0.346 e. The maximum absolute atomic E-state index is 13.2. The average Bonchev–Trinajstić information content (AvgIpc) is 2.94. The number of benzene rings is 2. The molecule has 0 amide bonds. The van der Waals surface area contributed by atoms with Crippen molar-refractivity contribution in [2.24, 2.45) is 0 Å². The molecule has 8 nitrogen and oxygen atoms in total. The van der Waals surface area contributed by atoms with E-state index in [9.17, 15) is 9.59 Å². The summed E-state index contributed by atoms with van der Waals surface area (Å²) in [6.07, 6.45) is 3.04. The third kappa shape index (κ3) is 4.63. The first-order valence-electron chi connectivity index (χ1n) is 13.8. The van der Waals surface area contributed by atoms with Crippen LogP contribution in [0, 0.1) is 13.8 Å². The molecule has 206 valence electrons. The van der Waals surface area contributed by atoms with Crippen molar-refractivity contribution in [1.29, 1.82) is 0 Å². The molecular formula is C32H34N4O4. The SMILES string of the molecule is CCN(CC)c1ccc2c(C)c(-c3cncc(-c4c(C)c5ccc(N(CC)CC)cc5oc4=O)n3)c(=O)oc2c1. The highest BCUT2D eigenvalue weighted by atomic mass is 16.4. The second-order valence-corrected chi connectivity index (χ2v) is 9.77. The normalized spacial score (nSPS) is 11.3. The molecule has 3 heterocycles. The molecule has 0 aliphatic rings. The van der Waals surface area contributed by atoms with Gasteiger partial charge in [0.25, 0.3) is 0 Å². The molecule has 3 aromatic heterocycles. The second-order valence-electron chi connectivity index (χ2n) is 9.77. The Morgan fingerprint density at radius 1 is 0.650 bits per heavy atom. The van der Waals surface area contributed by atoms with Gasteiger partial charge < -0.3 is 18.6 Å². The summed E-state index contributed by atoms with van der Waals surface area (Å²) in [5.41, 5.74) is 4.86. The number of hydrogen-bond acceptors (Lipinski definition) is 8. The van der Waals surface area contributed by atoms with Gasteiger partial charge in [0, 0.05) is 60.5 Å². The van der Waals surface area contributed by atoms with Gasteiger partial charge >= 0.3 is 11.3 Å². The van der Waals surface area contributed by atoms with Gasteiger partial charge in [0.2, 0.25) is 0 Å². The molecular weight excluding hydrogens is 504 g/mol. The Kier molecular flexibility index (Phi) is 7.43. The lowest BCUT2D eigenvalue weighted by Gasteiger charge is -2.21. The van der Waals surface area contributed by atoms with Crippen LogP contribution in [-0.2, 0) is 0 Å².